The van der Waals surface area contributed by atoms with Crippen molar-refractivity contribution in [1.82, 2.24) is 9.78 Å². The van der Waals surface area contributed by atoms with Gasteiger partial charge < -0.3 is 15.2 Å². The quantitative estimate of drug-likeness (QED) is 0.571. The van der Waals surface area contributed by atoms with E-state index in [1.54, 1.807) is 7.05 Å². The van der Waals surface area contributed by atoms with Crippen LogP contribution in [0.25, 0.3) is 0 Å². The lowest BCUT2D eigenvalue weighted by Crippen LogP contribution is -2.45. The lowest BCUT2D eigenvalue weighted by molar-refractivity contribution is -0.214. The average molecular weight is 391 g/mol. The summed E-state index contributed by atoms with van der Waals surface area (Å²) < 4.78 is 59.5. The van der Waals surface area contributed by atoms with E-state index in [1.807, 2.05) is 0 Å². The van der Waals surface area contributed by atoms with Crippen LogP contribution in [0.3, 0.4) is 0 Å². The predicted molar refractivity (Wildman–Crippen MR) is 90.0 cm³/mol. The fourth-order valence-electron chi connectivity index (χ4n) is 4.44. The maximum absolute atomic E-state index is 13.4. The van der Waals surface area contributed by atoms with Crippen LogP contribution < -0.4 is 5.32 Å². The molecule has 1 unspecified atom stereocenters. The lowest BCUT2D eigenvalue weighted by atomic mass is 9.63. The molecule has 0 saturated heterocycles. The molecule has 152 valence electrons. The molecule has 1 heterocycles. The molecule has 0 bridgehead atoms. The van der Waals surface area contributed by atoms with Gasteiger partial charge in [0, 0.05) is 44.2 Å². The van der Waals surface area contributed by atoms with Crippen molar-refractivity contribution in [3.8, 4) is 0 Å². The van der Waals surface area contributed by atoms with Gasteiger partial charge >= 0.3 is 0 Å². The molecule has 0 spiro atoms. The fourth-order valence-corrected chi connectivity index (χ4v) is 4.44. The van der Waals surface area contributed by atoms with Gasteiger partial charge in [0.05, 0.1) is 11.8 Å². The molecule has 1 atom stereocenters. The van der Waals surface area contributed by atoms with Gasteiger partial charge in [-0.05, 0) is 18.3 Å². The maximum atomic E-state index is 13.4. The third kappa shape index (κ3) is 3.44. The van der Waals surface area contributed by atoms with E-state index >= 15 is 0 Å². The molecule has 1 aromatic heterocycles. The van der Waals surface area contributed by atoms with Crippen LogP contribution in [-0.4, -0.2) is 39.2 Å². The molecule has 0 aliphatic heterocycles. The SMILES string of the molecule is Cn1nc(C2CC(F)(F)C2)c(C2(C)CCC2)c1NC(O)OC1CC(F)(F)C1. The second kappa shape index (κ2) is 6.07. The zero-order valence-corrected chi connectivity index (χ0v) is 15.4. The van der Waals surface area contributed by atoms with Crippen LogP contribution in [0, 0.1) is 0 Å². The highest BCUT2D eigenvalue weighted by molar-refractivity contribution is 5.54. The summed E-state index contributed by atoms with van der Waals surface area (Å²) >= 11 is 0. The molecule has 1 aromatic rings. The van der Waals surface area contributed by atoms with Gasteiger partial charge in [-0.2, -0.15) is 5.10 Å². The van der Waals surface area contributed by atoms with Crippen LogP contribution in [0.4, 0.5) is 23.4 Å². The second-order valence-corrected chi connectivity index (χ2v) is 8.63. The standard InChI is InChI=1S/C18H25F4N3O2/c1-16(4-3-5-16)12-13(10-6-17(19,20)7-10)24-25(2)14(12)23-15(26)27-11-8-18(21,22)9-11/h10-11,15,23,26H,3-9H2,1-2H3. The van der Waals surface area contributed by atoms with Gasteiger partial charge in [-0.15, -0.1) is 0 Å². The molecule has 3 aliphatic carbocycles. The molecule has 9 heteroatoms. The van der Waals surface area contributed by atoms with Gasteiger partial charge in [-0.25, -0.2) is 17.6 Å². The number of nitrogens with zero attached hydrogens (tertiary/aromatic N) is 2. The van der Waals surface area contributed by atoms with E-state index in [4.69, 9.17) is 4.74 Å². The Hall–Kier alpha value is -1.35. The number of alkyl halides is 4. The molecule has 2 N–H and O–H groups in total. The first-order valence-electron chi connectivity index (χ1n) is 9.41. The van der Waals surface area contributed by atoms with Crippen molar-refractivity contribution in [2.45, 2.75) is 87.6 Å². The number of hydrogen-bond acceptors (Lipinski definition) is 4. The van der Waals surface area contributed by atoms with Crippen molar-refractivity contribution in [3.05, 3.63) is 11.3 Å². The number of aliphatic hydroxyl groups excluding tert-OH is 1. The Balaban J connectivity index is 1.54. The number of rotatable bonds is 6. The molecule has 0 aromatic carbocycles. The smallest absolute Gasteiger partial charge is 0.253 e. The minimum atomic E-state index is -2.73. The molecule has 0 radical (unpaired) electrons. The maximum Gasteiger partial charge on any atom is 0.253 e. The number of hydrogen-bond donors (Lipinski definition) is 2. The van der Waals surface area contributed by atoms with E-state index < -0.39 is 37.2 Å². The molecule has 3 saturated carbocycles. The van der Waals surface area contributed by atoms with Crippen LogP contribution in [0.15, 0.2) is 0 Å². The van der Waals surface area contributed by atoms with E-state index in [2.05, 4.69) is 17.3 Å². The first-order valence-corrected chi connectivity index (χ1v) is 9.41. The van der Waals surface area contributed by atoms with Gasteiger partial charge in [0.2, 0.25) is 12.3 Å². The summed E-state index contributed by atoms with van der Waals surface area (Å²) in [5.74, 6) is -5.17. The van der Waals surface area contributed by atoms with Crippen LogP contribution in [0.2, 0.25) is 0 Å². The van der Waals surface area contributed by atoms with E-state index in [0.29, 0.717) is 11.5 Å². The third-order valence-electron chi connectivity index (χ3n) is 6.25. The summed E-state index contributed by atoms with van der Waals surface area (Å²) in [7, 11) is 1.68. The van der Waals surface area contributed by atoms with Gasteiger partial charge in [0.15, 0.2) is 0 Å². The molecule has 3 fully saturated rings. The van der Waals surface area contributed by atoms with Crippen molar-refractivity contribution < 1.29 is 27.4 Å². The van der Waals surface area contributed by atoms with E-state index in [0.717, 1.165) is 24.8 Å². The molecular weight excluding hydrogens is 366 g/mol. The number of anilines is 1. The molecule has 3 aliphatic rings. The van der Waals surface area contributed by atoms with E-state index in [1.165, 1.54) is 4.68 Å². The molecule has 4 rings (SSSR count). The Labute approximate surface area is 155 Å². The number of nitrogens with one attached hydrogen (secondary N) is 1. The van der Waals surface area contributed by atoms with Crippen molar-refractivity contribution in [2.24, 2.45) is 7.05 Å². The first-order chi connectivity index (χ1) is 12.5. The zero-order valence-electron chi connectivity index (χ0n) is 15.4. The number of halogens is 4. The summed E-state index contributed by atoms with van der Waals surface area (Å²) in [6.45, 7) is 2.07. The van der Waals surface area contributed by atoms with Crippen molar-refractivity contribution in [1.29, 1.82) is 0 Å². The number of aromatic nitrogens is 2. The molecule has 0 amide bonds. The topological polar surface area (TPSA) is 59.3 Å². The Kier molecular flexibility index (Phi) is 4.27. The molecule has 5 nitrogen and oxygen atoms in total. The minimum Gasteiger partial charge on any atom is -0.351 e. The summed E-state index contributed by atoms with van der Waals surface area (Å²) in [6, 6.07) is 0. The Morgan fingerprint density at radius 2 is 1.74 bits per heavy atom. The second-order valence-electron chi connectivity index (χ2n) is 8.63. The summed E-state index contributed by atoms with van der Waals surface area (Å²) in [6.07, 6.45) is -0.561. The van der Waals surface area contributed by atoms with Gasteiger partial charge in [0.25, 0.3) is 5.92 Å². The summed E-state index contributed by atoms with van der Waals surface area (Å²) in [5.41, 5.74) is 1.30. The van der Waals surface area contributed by atoms with Crippen molar-refractivity contribution >= 4 is 5.82 Å². The minimum absolute atomic E-state index is 0.194. The van der Waals surface area contributed by atoms with Gasteiger partial charge in [-0.3, -0.25) is 4.68 Å². The van der Waals surface area contributed by atoms with Gasteiger partial charge in [0.1, 0.15) is 5.82 Å². The Morgan fingerprint density at radius 1 is 1.15 bits per heavy atom. The highest BCUT2D eigenvalue weighted by atomic mass is 19.3. The number of aryl methyl sites for hydroxylation is 1. The molecular formula is C18H25F4N3O2. The highest BCUT2D eigenvalue weighted by Gasteiger charge is 2.51. The van der Waals surface area contributed by atoms with E-state index in [9.17, 15) is 22.7 Å². The van der Waals surface area contributed by atoms with Crippen molar-refractivity contribution in [3.63, 3.8) is 0 Å². The third-order valence-corrected chi connectivity index (χ3v) is 6.25. The Morgan fingerprint density at radius 3 is 2.22 bits per heavy atom. The van der Waals surface area contributed by atoms with Gasteiger partial charge in [-0.1, -0.05) is 13.3 Å². The number of ether oxygens (including phenoxy) is 1. The van der Waals surface area contributed by atoms with Crippen LogP contribution in [-0.2, 0) is 17.2 Å². The zero-order chi connectivity index (χ0) is 19.6. The normalized spacial score (nSPS) is 27.4. The van der Waals surface area contributed by atoms with Crippen LogP contribution in [0.5, 0.6) is 0 Å². The summed E-state index contributed by atoms with van der Waals surface area (Å²) in [5, 5.41) is 17.5. The fraction of sp³-hybridized carbons (Fsp3) is 0.833. The first kappa shape index (κ1) is 19.0. The monoisotopic (exact) mass is 391 g/mol. The Bertz CT molecular complexity index is 716. The summed E-state index contributed by atoms with van der Waals surface area (Å²) in [4.78, 5) is 0. The van der Waals surface area contributed by atoms with E-state index in [-0.39, 0.29) is 24.2 Å². The predicted octanol–water partition coefficient (Wildman–Crippen LogP) is 3.88. The lowest BCUT2D eigenvalue weighted by Gasteiger charge is -2.42. The average Bonchev–Trinajstić information content (AvgIpc) is 2.77. The van der Waals surface area contributed by atoms with Crippen LogP contribution in [0.1, 0.15) is 69.0 Å². The largest absolute Gasteiger partial charge is 0.351 e. The number of aliphatic hydroxyl groups is 1. The van der Waals surface area contributed by atoms with Crippen molar-refractivity contribution in [2.75, 3.05) is 5.32 Å². The van der Waals surface area contributed by atoms with Crippen LogP contribution >= 0.6 is 0 Å². The highest BCUT2D eigenvalue weighted by Crippen LogP contribution is 2.54. The molecule has 27 heavy (non-hydrogen) atoms.